The molecule has 0 aliphatic carbocycles. The topological polar surface area (TPSA) is 86.1 Å². The van der Waals surface area contributed by atoms with Crippen LogP contribution in [0.25, 0.3) is 0 Å². The molecular weight excluding hydrogens is 260 g/mol. The molecule has 0 saturated carbocycles. The summed E-state index contributed by atoms with van der Waals surface area (Å²) in [6.45, 7) is 6.61. The third-order valence-electron chi connectivity index (χ3n) is 2.78. The van der Waals surface area contributed by atoms with Crippen LogP contribution in [-0.2, 0) is 16.1 Å². The number of hydrogen-bond donors (Lipinski definition) is 1. The fraction of sp³-hybridized carbons (Fsp3) is 0.692. The number of carbonyl (C=O) groups excluding carboxylic acids is 2. The first-order valence-electron chi connectivity index (χ1n) is 6.73. The van der Waals surface area contributed by atoms with E-state index in [1.165, 1.54) is 0 Å². The van der Waals surface area contributed by atoms with Gasteiger partial charge in [-0.2, -0.15) is 0 Å². The lowest BCUT2D eigenvalue weighted by Gasteiger charge is -2.06. The number of amides is 1. The van der Waals surface area contributed by atoms with Gasteiger partial charge in [-0.3, -0.25) is 4.79 Å². The lowest BCUT2D eigenvalue weighted by molar-refractivity contribution is -0.120. The highest BCUT2D eigenvalue weighted by Gasteiger charge is 2.18. The van der Waals surface area contributed by atoms with Gasteiger partial charge in [-0.05, 0) is 19.3 Å². The number of rotatable bonds is 7. The number of aryl methyl sites for hydroxylation is 1. The molecule has 0 atom stereocenters. The molecule has 0 spiro atoms. The number of hydrogen-bond acceptors (Lipinski definition) is 5. The van der Waals surface area contributed by atoms with Gasteiger partial charge in [0.2, 0.25) is 5.91 Å². The average Bonchev–Trinajstić information content (AvgIpc) is 2.77. The highest BCUT2D eigenvalue weighted by Crippen LogP contribution is 2.08. The molecule has 0 unspecified atom stereocenters. The second kappa shape index (κ2) is 7.62. The molecule has 1 amide bonds. The Morgan fingerprint density at radius 1 is 1.40 bits per heavy atom. The Labute approximate surface area is 118 Å². The summed E-state index contributed by atoms with van der Waals surface area (Å²) in [7, 11) is 1.60. The lowest BCUT2D eigenvalue weighted by Crippen LogP contribution is -2.18. The summed E-state index contributed by atoms with van der Waals surface area (Å²) in [5.74, 6) is -0.185. The zero-order valence-corrected chi connectivity index (χ0v) is 12.5. The van der Waals surface area contributed by atoms with Crippen LogP contribution in [0.2, 0.25) is 0 Å². The quantitative estimate of drug-likeness (QED) is 0.752. The van der Waals surface area contributed by atoms with Gasteiger partial charge in [-0.1, -0.05) is 19.1 Å². The molecule has 1 heterocycles. The summed E-state index contributed by atoms with van der Waals surface area (Å²) in [5, 5.41) is 10.3. The number of esters is 1. The Kier molecular flexibility index (Phi) is 6.14. The molecule has 0 bridgehead atoms. The zero-order valence-electron chi connectivity index (χ0n) is 12.5. The predicted molar refractivity (Wildman–Crippen MR) is 73.2 cm³/mol. The van der Waals surface area contributed by atoms with E-state index in [-0.39, 0.29) is 17.5 Å². The number of aromatic nitrogens is 3. The predicted octanol–water partition coefficient (Wildman–Crippen LogP) is 0.926. The maximum atomic E-state index is 11.8. The Balaban J connectivity index is 2.56. The van der Waals surface area contributed by atoms with E-state index in [0.29, 0.717) is 31.7 Å². The molecule has 1 aromatic heterocycles. The summed E-state index contributed by atoms with van der Waals surface area (Å²) in [6, 6.07) is 0. The molecule has 0 radical (unpaired) electrons. The molecule has 0 aliphatic heterocycles. The van der Waals surface area contributed by atoms with Gasteiger partial charge in [0.15, 0.2) is 5.69 Å². The van der Waals surface area contributed by atoms with Gasteiger partial charge in [0.25, 0.3) is 0 Å². The highest BCUT2D eigenvalue weighted by atomic mass is 16.5. The average molecular weight is 282 g/mol. The molecule has 1 N–H and O–H groups in total. The zero-order chi connectivity index (χ0) is 15.1. The molecule has 112 valence electrons. The first-order valence-corrected chi connectivity index (χ1v) is 6.73. The van der Waals surface area contributed by atoms with Crippen LogP contribution < -0.4 is 5.32 Å². The molecule has 7 nitrogen and oxygen atoms in total. The standard InChI is InChI=1S/C13H22N4O3/c1-9(2)8-20-13(19)12-10(3)17(16-15-12)7-5-6-11(18)14-4/h9H,5-8H2,1-4H3,(H,14,18). The number of nitrogens with one attached hydrogen (secondary N) is 1. The molecule has 0 fully saturated rings. The van der Waals surface area contributed by atoms with Crippen LogP contribution in [0.3, 0.4) is 0 Å². The second-order valence-corrected chi connectivity index (χ2v) is 5.02. The van der Waals surface area contributed by atoms with Crippen molar-refractivity contribution >= 4 is 11.9 Å². The largest absolute Gasteiger partial charge is 0.461 e. The van der Waals surface area contributed by atoms with E-state index < -0.39 is 5.97 Å². The minimum Gasteiger partial charge on any atom is -0.461 e. The van der Waals surface area contributed by atoms with E-state index in [4.69, 9.17) is 4.74 Å². The van der Waals surface area contributed by atoms with E-state index in [9.17, 15) is 9.59 Å². The summed E-state index contributed by atoms with van der Waals surface area (Å²) in [4.78, 5) is 22.9. The fourth-order valence-electron chi connectivity index (χ4n) is 1.59. The van der Waals surface area contributed by atoms with Crippen molar-refractivity contribution in [2.75, 3.05) is 13.7 Å². The van der Waals surface area contributed by atoms with Crippen molar-refractivity contribution in [2.24, 2.45) is 5.92 Å². The fourth-order valence-corrected chi connectivity index (χ4v) is 1.59. The van der Waals surface area contributed by atoms with Crippen molar-refractivity contribution in [3.8, 4) is 0 Å². The minimum atomic E-state index is -0.450. The Bertz CT molecular complexity index is 468. The number of ether oxygens (including phenoxy) is 1. The van der Waals surface area contributed by atoms with Crippen LogP contribution >= 0.6 is 0 Å². The normalized spacial score (nSPS) is 10.7. The van der Waals surface area contributed by atoms with Crippen molar-refractivity contribution in [1.29, 1.82) is 0 Å². The second-order valence-electron chi connectivity index (χ2n) is 5.02. The molecule has 1 aromatic rings. The molecule has 0 aromatic carbocycles. The molecule has 0 aliphatic rings. The van der Waals surface area contributed by atoms with Crippen molar-refractivity contribution in [3.05, 3.63) is 11.4 Å². The van der Waals surface area contributed by atoms with Gasteiger partial charge < -0.3 is 10.1 Å². The van der Waals surface area contributed by atoms with Crippen molar-refractivity contribution < 1.29 is 14.3 Å². The number of carbonyl (C=O) groups is 2. The van der Waals surface area contributed by atoms with E-state index in [2.05, 4.69) is 15.6 Å². The Hall–Kier alpha value is -1.92. The van der Waals surface area contributed by atoms with Crippen LogP contribution in [0.5, 0.6) is 0 Å². The molecule has 1 rings (SSSR count). The van der Waals surface area contributed by atoms with Crippen molar-refractivity contribution in [3.63, 3.8) is 0 Å². The van der Waals surface area contributed by atoms with E-state index in [1.807, 2.05) is 13.8 Å². The van der Waals surface area contributed by atoms with Gasteiger partial charge in [0.05, 0.1) is 12.3 Å². The monoisotopic (exact) mass is 282 g/mol. The SMILES string of the molecule is CNC(=O)CCCn1nnc(C(=O)OCC(C)C)c1C. The summed E-state index contributed by atoms with van der Waals surface area (Å²) >= 11 is 0. The van der Waals surface area contributed by atoms with Gasteiger partial charge in [-0.15, -0.1) is 5.10 Å². The van der Waals surface area contributed by atoms with Crippen molar-refractivity contribution in [1.82, 2.24) is 20.3 Å². The third-order valence-corrected chi connectivity index (χ3v) is 2.78. The maximum absolute atomic E-state index is 11.8. The van der Waals surface area contributed by atoms with Crippen molar-refractivity contribution in [2.45, 2.75) is 40.2 Å². The van der Waals surface area contributed by atoms with Crippen LogP contribution in [-0.4, -0.2) is 40.5 Å². The molecular formula is C13H22N4O3. The molecule has 20 heavy (non-hydrogen) atoms. The first-order chi connectivity index (χ1) is 9.45. The minimum absolute atomic E-state index is 0.0145. The smallest absolute Gasteiger partial charge is 0.360 e. The number of nitrogens with zero attached hydrogens (tertiary/aromatic N) is 3. The van der Waals surface area contributed by atoms with Gasteiger partial charge in [-0.25, -0.2) is 9.48 Å². The molecule has 0 saturated heterocycles. The van der Waals surface area contributed by atoms with Crippen LogP contribution in [0.4, 0.5) is 0 Å². The van der Waals surface area contributed by atoms with E-state index in [1.54, 1.807) is 18.7 Å². The Morgan fingerprint density at radius 3 is 2.70 bits per heavy atom. The summed E-state index contributed by atoms with van der Waals surface area (Å²) < 4.78 is 6.74. The van der Waals surface area contributed by atoms with Gasteiger partial charge >= 0.3 is 5.97 Å². The maximum Gasteiger partial charge on any atom is 0.360 e. The van der Waals surface area contributed by atoms with E-state index >= 15 is 0 Å². The first kappa shape index (κ1) is 16.1. The van der Waals surface area contributed by atoms with Crippen LogP contribution in [0.1, 0.15) is 42.9 Å². The summed E-state index contributed by atoms with van der Waals surface area (Å²) in [6.07, 6.45) is 1.06. The Morgan fingerprint density at radius 2 is 2.10 bits per heavy atom. The van der Waals surface area contributed by atoms with Gasteiger partial charge in [0, 0.05) is 20.0 Å². The van der Waals surface area contributed by atoms with E-state index in [0.717, 1.165) is 0 Å². The third kappa shape index (κ3) is 4.64. The summed E-state index contributed by atoms with van der Waals surface area (Å²) in [5.41, 5.74) is 0.904. The highest BCUT2D eigenvalue weighted by molar-refractivity contribution is 5.88. The van der Waals surface area contributed by atoms with Crippen LogP contribution in [0, 0.1) is 12.8 Å². The molecule has 7 heteroatoms. The lowest BCUT2D eigenvalue weighted by atomic mass is 10.2. The van der Waals surface area contributed by atoms with Crippen LogP contribution in [0.15, 0.2) is 0 Å². The van der Waals surface area contributed by atoms with Gasteiger partial charge in [0.1, 0.15) is 0 Å².